The van der Waals surface area contributed by atoms with Crippen LogP contribution in [0.3, 0.4) is 0 Å². The molecule has 0 aliphatic rings. The van der Waals surface area contributed by atoms with Crippen LogP contribution in [0.2, 0.25) is 0 Å². The minimum absolute atomic E-state index is 0.158. The average Bonchev–Trinajstić information content (AvgIpc) is 2.44. The lowest BCUT2D eigenvalue weighted by Crippen LogP contribution is -2.12. The number of nitrogens with one attached hydrogen (secondary N) is 1. The molecular formula is C16H16BrNO2. The zero-order valence-corrected chi connectivity index (χ0v) is 13.2. The number of carbonyl (C=O) groups is 1. The van der Waals surface area contributed by atoms with Crippen molar-refractivity contribution in [2.75, 3.05) is 12.4 Å². The maximum Gasteiger partial charge on any atom is 0.255 e. The highest BCUT2D eigenvalue weighted by Crippen LogP contribution is 2.26. The molecule has 4 heteroatoms. The van der Waals surface area contributed by atoms with Gasteiger partial charge in [-0.2, -0.15) is 0 Å². The molecule has 2 aromatic rings. The highest BCUT2D eigenvalue weighted by molar-refractivity contribution is 9.10. The number of carbonyl (C=O) groups excluding carboxylic acids is 1. The Morgan fingerprint density at radius 3 is 2.60 bits per heavy atom. The van der Waals surface area contributed by atoms with Gasteiger partial charge in [0.25, 0.3) is 5.91 Å². The van der Waals surface area contributed by atoms with E-state index in [9.17, 15) is 4.79 Å². The van der Waals surface area contributed by atoms with E-state index in [0.29, 0.717) is 11.3 Å². The topological polar surface area (TPSA) is 38.3 Å². The summed E-state index contributed by atoms with van der Waals surface area (Å²) in [5.41, 5.74) is 3.40. The van der Waals surface area contributed by atoms with Crippen molar-refractivity contribution in [2.45, 2.75) is 13.8 Å². The number of anilines is 1. The van der Waals surface area contributed by atoms with Gasteiger partial charge in [0, 0.05) is 10.0 Å². The summed E-state index contributed by atoms with van der Waals surface area (Å²) >= 11 is 3.48. The summed E-state index contributed by atoms with van der Waals surface area (Å²) in [6.45, 7) is 3.92. The van der Waals surface area contributed by atoms with Gasteiger partial charge < -0.3 is 10.1 Å². The molecular weight excluding hydrogens is 318 g/mol. The standard InChI is InChI=1S/C16H16BrNO2/c1-10-7-8-12(9-14(10)20-3)16(19)18-13-6-4-5-11(2)15(13)17/h4-9H,1-3H3,(H,18,19). The largest absolute Gasteiger partial charge is 0.496 e. The van der Waals surface area contributed by atoms with Crippen molar-refractivity contribution >= 4 is 27.5 Å². The van der Waals surface area contributed by atoms with Gasteiger partial charge in [-0.1, -0.05) is 18.2 Å². The minimum atomic E-state index is -0.158. The first-order valence-corrected chi connectivity index (χ1v) is 7.03. The lowest BCUT2D eigenvalue weighted by molar-refractivity contribution is 0.102. The quantitative estimate of drug-likeness (QED) is 0.907. The van der Waals surface area contributed by atoms with E-state index < -0.39 is 0 Å². The van der Waals surface area contributed by atoms with Crippen molar-refractivity contribution in [3.8, 4) is 5.75 Å². The van der Waals surface area contributed by atoms with Crippen LogP contribution in [0, 0.1) is 13.8 Å². The molecule has 3 nitrogen and oxygen atoms in total. The Hall–Kier alpha value is -1.81. The molecule has 0 saturated carbocycles. The summed E-state index contributed by atoms with van der Waals surface area (Å²) in [5.74, 6) is 0.551. The first-order chi connectivity index (χ1) is 9.52. The Kier molecular flexibility index (Phi) is 4.45. The molecule has 0 unspecified atom stereocenters. The van der Waals surface area contributed by atoms with Crippen molar-refractivity contribution in [3.05, 3.63) is 57.6 Å². The summed E-state index contributed by atoms with van der Waals surface area (Å²) < 4.78 is 6.14. The Morgan fingerprint density at radius 2 is 1.90 bits per heavy atom. The van der Waals surface area contributed by atoms with Gasteiger partial charge in [0.05, 0.1) is 12.8 Å². The number of amides is 1. The number of ether oxygens (including phenoxy) is 1. The molecule has 0 aliphatic heterocycles. The number of hydrogen-bond donors (Lipinski definition) is 1. The Morgan fingerprint density at radius 1 is 1.15 bits per heavy atom. The number of rotatable bonds is 3. The van der Waals surface area contributed by atoms with Crippen LogP contribution in [0.25, 0.3) is 0 Å². The van der Waals surface area contributed by atoms with E-state index in [1.54, 1.807) is 19.2 Å². The third-order valence-corrected chi connectivity index (χ3v) is 4.16. The van der Waals surface area contributed by atoms with Gasteiger partial charge in [0.1, 0.15) is 5.75 Å². The second-order valence-electron chi connectivity index (χ2n) is 4.57. The van der Waals surface area contributed by atoms with E-state index >= 15 is 0 Å². The number of methoxy groups -OCH3 is 1. The number of halogens is 1. The molecule has 0 aromatic heterocycles. The molecule has 0 heterocycles. The van der Waals surface area contributed by atoms with Gasteiger partial charge in [-0.05, 0) is 59.1 Å². The second kappa shape index (κ2) is 6.09. The molecule has 0 saturated heterocycles. The van der Waals surface area contributed by atoms with Gasteiger partial charge >= 0.3 is 0 Å². The van der Waals surface area contributed by atoms with Crippen LogP contribution < -0.4 is 10.1 Å². The highest BCUT2D eigenvalue weighted by atomic mass is 79.9. The number of aryl methyl sites for hydroxylation is 2. The van der Waals surface area contributed by atoms with Crippen molar-refractivity contribution in [1.82, 2.24) is 0 Å². The molecule has 20 heavy (non-hydrogen) atoms. The lowest BCUT2D eigenvalue weighted by Gasteiger charge is -2.11. The predicted octanol–water partition coefficient (Wildman–Crippen LogP) is 4.33. The summed E-state index contributed by atoms with van der Waals surface area (Å²) in [4.78, 5) is 12.3. The highest BCUT2D eigenvalue weighted by Gasteiger charge is 2.11. The summed E-state index contributed by atoms with van der Waals surface area (Å²) in [6, 6.07) is 11.2. The van der Waals surface area contributed by atoms with E-state index in [1.165, 1.54) is 0 Å². The molecule has 104 valence electrons. The van der Waals surface area contributed by atoms with Gasteiger partial charge in [-0.3, -0.25) is 4.79 Å². The molecule has 0 radical (unpaired) electrons. The molecule has 0 fully saturated rings. The molecule has 1 N–H and O–H groups in total. The molecule has 0 aliphatic carbocycles. The first kappa shape index (κ1) is 14.6. The van der Waals surface area contributed by atoms with E-state index in [2.05, 4.69) is 21.2 Å². The van der Waals surface area contributed by atoms with E-state index in [4.69, 9.17) is 4.74 Å². The third kappa shape index (κ3) is 3.02. The van der Waals surface area contributed by atoms with Gasteiger partial charge in [-0.25, -0.2) is 0 Å². The smallest absolute Gasteiger partial charge is 0.255 e. The molecule has 0 bridgehead atoms. The van der Waals surface area contributed by atoms with Crippen LogP contribution in [-0.2, 0) is 0 Å². The summed E-state index contributed by atoms with van der Waals surface area (Å²) in [7, 11) is 1.60. The number of benzene rings is 2. The second-order valence-corrected chi connectivity index (χ2v) is 5.37. The predicted molar refractivity (Wildman–Crippen MR) is 84.6 cm³/mol. The monoisotopic (exact) mass is 333 g/mol. The van der Waals surface area contributed by atoms with Crippen LogP contribution in [0.15, 0.2) is 40.9 Å². The third-order valence-electron chi connectivity index (χ3n) is 3.11. The molecule has 2 aromatic carbocycles. The Balaban J connectivity index is 2.26. The van der Waals surface area contributed by atoms with Crippen molar-refractivity contribution in [1.29, 1.82) is 0 Å². The first-order valence-electron chi connectivity index (χ1n) is 6.24. The maximum absolute atomic E-state index is 12.3. The zero-order chi connectivity index (χ0) is 14.7. The van der Waals surface area contributed by atoms with Crippen LogP contribution in [0.5, 0.6) is 5.75 Å². The van der Waals surface area contributed by atoms with Crippen LogP contribution >= 0.6 is 15.9 Å². The Bertz CT molecular complexity index is 653. The maximum atomic E-state index is 12.3. The lowest BCUT2D eigenvalue weighted by atomic mass is 10.1. The molecule has 1 amide bonds. The van der Waals surface area contributed by atoms with E-state index in [0.717, 1.165) is 21.3 Å². The van der Waals surface area contributed by atoms with Gasteiger partial charge in [-0.15, -0.1) is 0 Å². The van der Waals surface area contributed by atoms with Crippen molar-refractivity contribution in [2.24, 2.45) is 0 Å². The fourth-order valence-electron chi connectivity index (χ4n) is 1.90. The average molecular weight is 334 g/mol. The van der Waals surface area contributed by atoms with Crippen LogP contribution in [-0.4, -0.2) is 13.0 Å². The van der Waals surface area contributed by atoms with Crippen molar-refractivity contribution in [3.63, 3.8) is 0 Å². The Labute approximate surface area is 127 Å². The fraction of sp³-hybridized carbons (Fsp3) is 0.188. The van der Waals surface area contributed by atoms with Gasteiger partial charge in [0.2, 0.25) is 0 Å². The van der Waals surface area contributed by atoms with Gasteiger partial charge in [0.15, 0.2) is 0 Å². The van der Waals surface area contributed by atoms with Crippen LogP contribution in [0.4, 0.5) is 5.69 Å². The number of hydrogen-bond acceptors (Lipinski definition) is 2. The minimum Gasteiger partial charge on any atom is -0.496 e. The molecule has 0 atom stereocenters. The van der Waals surface area contributed by atoms with Crippen molar-refractivity contribution < 1.29 is 9.53 Å². The van der Waals surface area contributed by atoms with E-state index in [1.807, 2.05) is 38.1 Å². The van der Waals surface area contributed by atoms with Crippen LogP contribution in [0.1, 0.15) is 21.5 Å². The molecule has 2 rings (SSSR count). The van der Waals surface area contributed by atoms with E-state index in [-0.39, 0.29) is 5.91 Å². The summed E-state index contributed by atoms with van der Waals surface area (Å²) in [5, 5.41) is 2.90. The zero-order valence-electron chi connectivity index (χ0n) is 11.7. The SMILES string of the molecule is COc1cc(C(=O)Nc2cccc(C)c2Br)ccc1C. The summed E-state index contributed by atoms with van der Waals surface area (Å²) in [6.07, 6.45) is 0. The fourth-order valence-corrected chi connectivity index (χ4v) is 2.26. The molecule has 0 spiro atoms. The normalized spacial score (nSPS) is 10.2.